The summed E-state index contributed by atoms with van der Waals surface area (Å²) < 4.78 is 63.9. The smallest absolute Gasteiger partial charge is 0.329 e. The molecule has 34 unspecified atom stereocenters. The fourth-order valence-electron chi connectivity index (χ4n) is 22.2. The lowest BCUT2D eigenvalue weighted by molar-refractivity contribution is -0.265. The summed E-state index contributed by atoms with van der Waals surface area (Å²) in [5.74, 6) is -11.4. The molecule has 812 valence electrons. The molecule has 6 aliphatic heterocycles. The lowest BCUT2D eigenvalue weighted by Gasteiger charge is -2.43. The Morgan fingerprint density at radius 1 is 0.441 bits per heavy atom. The molecule has 10 N–H and O–H groups in total. The first-order chi connectivity index (χ1) is 67.4. The number of cyclic esters (lactones) is 2. The highest BCUT2D eigenvalue weighted by Gasteiger charge is 2.56. The number of ether oxygens (including phenoxy) is 11. The van der Waals surface area contributed by atoms with Crippen molar-refractivity contribution in [3.05, 3.63) is 119 Å². The van der Waals surface area contributed by atoms with E-state index in [-0.39, 0.29) is 110 Å². The summed E-state index contributed by atoms with van der Waals surface area (Å²) >= 11 is 0. The van der Waals surface area contributed by atoms with Crippen LogP contribution in [0, 0.1) is 76.9 Å². The third-order valence-corrected chi connectivity index (χ3v) is 32.1. The molecule has 9 rings (SSSR count). The van der Waals surface area contributed by atoms with Gasteiger partial charge in [0.25, 0.3) is 23.4 Å². The van der Waals surface area contributed by atoms with E-state index in [1.807, 2.05) is 122 Å². The van der Waals surface area contributed by atoms with Gasteiger partial charge in [0.2, 0.25) is 11.6 Å². The Labute approximate surface area is 854 Å². The third kappa shape index (κ3) is 34.9. The summed E-state index contributed by atoms with van der Waals surface area (Å²) in [6, 6.07) is 3.75. The number of hydrogen-bond donors (Lipinski definition) is 10. The highest BCUT2D eigenvalue weighted by Crippen LogP contribution is 2.44. The molecule has 6 heterocycles. The average Bonchev–Trinajstić information content (AvgIpc) is 0.791. The lowest BCUT2D eigenvalue weighted by Crippen LogP contribution is -2.61. The van der Waals surface area contributed by atoms with Crippen LogP contribution in [0.3, 0.4) is 0 Å². The highest BCUT2D eigenvalue weighted by atomic mass is 16.6. The summed E-state index contributed by atoms with van der Waals surface area (Å²) in [7, 11) is 11.0. The molecule has 2 aliphatic carbocycles. The van der Waals surface area contributed by atoms with Gasteiger partial charge in [-0.25, -0.2) is 9.59 Å². The average molecular weight is 2010 g/mol. The molecular weight excluding hydrogens is 1830 g/mol. The van der Waals surface area contributed by atoms with Crippen LogP contribution in [0.25, 0.3) is 0 Å². The second-order valence-electron chi connectivity index (χ2n) is 44.5. The van der Waals surface area contributed by atoms with Gasteiger partial charge >= 0.3 is 11.9 Å². The second kappa shape index (κ2) is 58.5. The van der Waals surface area contributed by atoms with Gasteiger partial charge in [-0.15, -0.1) is 0 Å². The Balaban J connectivity index is 0.000000341. The molecule has 0 radical (unpaired) electrons. The van der Waals surface area contributed by atoms with Crippen LogP contribution in [-0.2, 0) is 76.8 Å². The Kier molecular flexibility index (Phi) is 50.4. The summed E-state index contributed by atoms with van der Waals surface area (Å²) in [4.78, 5) is 88.1. The number of allylic oxidation sites excluding steroid dienone is 11. The molecule has 0 spiro atoms. The van der Waals surface area contributed by atoms with Crippen LogP contribution < -0.4 is 9.47 Å². The highest BCUT2D eigenvalue weighted by molar-refractivity contribution is 6.39. The fraction of sp³-hybridized carbons (Fsp3) is 0.754. The minimum Gasteiger partial charge on any atom is -0.497 e. The maximum absolute atomic E-state index is 14.4. The first kappa shape index (κ1) is 123. The van der Waals surface area contributed by atoms with Crippen molar-refractivity contribution in [2.45, 2.75) is 412 Å². The number of amides is 2. The minimum absolute atomic E-state index is 0.0359. The molecule has 6 fully saturated rings. The molecule has 29 nitrogen and oxygen atoms in total. The maximum atomic E-state index is 14.4. The molecule has 2 amide bonds. The van der Waals surface area contributed by atoms with Crippen molar-refractivity contribution in [3.63, 3.8) is 0 Å². The van der Waals surface area contributed by atoms with Gasteiger partial charge in [-0.3, -0.25) is 19.2 Å². The summed E-state index contributed by atoms with van der Waals surface area (Å²) in [6.45, 7) is 35.2. The molecule has 1 aromatic rings. The molecule has 143 heavy (non-hydrogen) atoms. The number of ketones is 2. The van der Waals surface area contributed by atoms with E-state index in [0.29, 0.717) is 127 Å². The number of piperidine rings is 2. The van der Waals surface area contributed by atoms with E-state index in [1.165, 1.54) is 29.6 Å². The number of nitrogens with zero attached hydrogens (tertiary/aromatic N) is 2. The van der Waals surface area contributed by atoms with Crippen molar-refractivity contribution in [2.75, 3.05) is 62.9 Å². The van der Waals surface area contributed by atoms with Crippen LogP contribution in [0.4, 0.5) is 0 Å². The number of aliphatic hydroxyl groups excluding tert-OH is 8. The van der Waals surface area contributed by atoms with Crippen LogP contribution in [-0.4, -0.2) is 286 Å². The number of fused-ring (bicyclic) bond motifs is 6. The Hall–Kier alpha value is -6.72. The van der Waals surface area contributed by atoms with Gasteiger partial charge in [0.05, 0.1) is 81.4 Å². The van der Waals surface area contributed by atoms with Gasteiger partial charge in [0, 0.05) is 97.6 Å². The standard InChI is InChI=1S/C51H83NO13.C51H83NO12.C12H18O2/c1-30-16-12-11-13-17-31(2)42(61-8)28-38-21-19-36(7)51(60,65-38)48(57)49(58)52-23-15-14-18-39(52)50(59)64-43(33(4)26-37-20-22-40(53)44(27-37)62-9)29-41(54)32(3)25-35(6)46(56)47(63-10)45(55)34(5)24-30;1-30-16-12-11-13-17-31(2)32(3)27-39-21-19-37(8)51(60,64-39)48(57)49(58)52-23-15-14-18-40(52)50(59)63-43(34(5)26-38-20-22-41(53)44(28-38)61-9)29-42(54)33(4)25-36(7)46(56)47(62-10)45(55)35(6)24-30;1-12(2,3)10-7-6-9(13-4)8-11(10)14-5/h11-13,16-17,25,30,32-34,36-47,53-56,60H,14-15,18-24,26-29H2,1-10H3;11-13,16-17,25,30,32-35,37-47,53-56,60H,14-15,18-24,26-29H2,1-10H3;6-8H,1-5H3/b13-11?,16-12+,31-17?,35-25+;13-11+,16-12+,31-17+,36-25+;. The Bertz CT molecular complexity index is 4380. The SMILES string of the molecule is COC1CC(CC(C)C2CC(O)C(C)/C=C(\C)C(O)C(OC)C(O)C(C)CC(C)/C=C/C=C/C=C(\C)C(C)CC3CCC(C)C(O)(O3)C(=O)C(=O)N3CCCCC3C(=O)O2)CCC1O.COC1CC2CCC(C)C(O)(O2)C(=O)C(=O)N2CCCCC2C(=O)OC(C(C)CC2CCC(O)C(OC)C2)CC(O)C(C)/C=C(\C)C(O)C(OC)C(O)C(C)CC(C)/C=C/C=CC=C1C.COc1ccc(C(C)(C)C)c(OC)c1. The van der Waals surface area contributed by atoms with Gasteiger partial charge in [-0.05, 0) is 250 Å². The molecule has 2 saturated carbocycles. The van der Waals surface area contributed by atoms with E-state index in [0.717, 1.165) is 35.5 Å². The van der Waals surface area contributed by atoms with Gasteiger partial charge in [0.1, 0.15) is 60.2 Å². The number of rotatable bonds is 13. The number of carbonyl (C=O) groups excluding carboxylic acids is 6. The van der Waals surface area contributed by atoms with E-state index < -0.39 is 174 Å². The van der Waals surface area contributed by atoms with Crippen LogP contribution in [0.1, 0.15) is 284 Å². The van der Waals surface area contributed by atoms with Gasteiger partial charge in [0.15, 0.2) is 0 Å². The zero-order valence-electron chi connectivity index (χ0n) is 90.8. The first-order valence-corrected chi connectivity index (χ1v) is 53.1. The van der Waals surface area contributed by atoms with Gasteiger partial charge in [-0.1, -0.05) is 181 Å². The molecule has 34 atom stereocenters. The van der Waals surface area contributed by atoms with Crippen molar-refractivity contribution < 1.29 is 132 Å². The predicted molar refractivity (Wildman–Crippen MR) is 551 cm³/mol. The number of carbonyl (C=O) groups is 6. The van der Waals surface area contributed by atoms with Crippen molar-refractivity contribution in [1.82, 2.24) is 9.80 Å². The van der Waals surface area contributed by atoms with Crippen molar-refractivity contribution in [1.29, 1.82) is 0 Å². The summed E-state index contributed by atoms with van der Waals surface area (Å²) in [5.41, 5.74) is 4.30. The predicted octanol–water partition coefficient (Wildman–Crippen LogP) is 15.2. The molecule has 0 aromatic heterocycles. The van der Waals surface area contributed by atoms with E-state index in [9.17, 15) is 79.8 Å². The minimum atomic E-state index is -2.41. The van der Waals surface area contributed by atoms with Crippen molar-refractivity contribution in [3.8, 4) is 11.5 Å². The van der Waals surface area contributed by atoms with Crippen molar-refractivity contribution >= 4 is 35.3 Å². The van der Waals surface area contributed by atoms with E-state index in [1.54, 1.807) is 75.4 Å². The quantitative estimate of drug-likeness (QED) is 0.0498. The van der Waals surface area contributed by atoms with Gasteiger partial charge in [-0.2, -0.15) is 0 Å². The fourth-order valence-corrected chi connectivity index (χ4v) is 22.2. The van der Waals surface area contributed by atoms with Crippen LogP contribution in [0.5, 0.6) is 11.5 Å². The normalized spacial score (nSPS) is 39.2. The first-order valence-electron chi connectivity index (χ1n) is 53.1. The molecule has 29 heteroatoms. The van der Waals surface area contributed by atoms with E-state index in [4.69, 9.17) is 52.1 Å². The van der Waals surface area contributed by atoms with Crippen LogP contribution in [0.2, 0.25) is 0 Å². The molecule has 4 saturated heterocycles. The number of aliphatic hydroxyl groups is 10. The molecule has 1 aromatic carbocycles. The number of esters is 2. The topological polar surface area (TPSA) is 413 Å². The maximum Gasteiger partial charge on any atom is 0.329 e. The Morgan fingerprint density at radius 2 is 0.853 bits per heavy atom. The summed E-state index contributed by atoms with van der Waals surface area (Å²) in [5, 5.41) is 114. The Morgan fingerprint density at radius 3 is 1.24 bits per heavy atom. The van der Waals surface area contributed by atoms with Gasteiger partial charge < -0.3 is 113 Å². The van der Waals surface area contributed by atoms with E-state index in [2.05, 4.69) is 53.7 Å². The number of methoxy groups -OCH3 is 7. The second-order valence-corrected chi connectivity index (χ2v) is 44.5. The molecule has 4 bridgehead atoms. The number of Topliss-reactive ketones (excluding diaryl/α,β-unsaturated/α-hetero) is 2. The molecular formula is C114H184N2O27. The van der Waals surface area contributed by atoms with Crippen LogP contribution in [0.15, 0.2) is 113 Å². The zero-order chi connectivity index (χ0) is 106. The number of hydrogen-bond acceptors (Lipinski definition) is 27. The van der Waals surface area contributed by atoms with E-state index >= 15 is 0 Å². The third-order valence-electron chi connectivity index (χ3n) is 32.1. The summed E-state index contributed by atoms with van der Waals surface area (Å²) in [6.07, 6.45) is 22.5. The molecule has 8 aliphatic rings. The lowest BCUT2D eigenvalue weighted by atomic mass is 9.78. The zero-order valence-corrected chi connectivity index (χ0v) is 90.8. The van der Waals surface area contributed by atoms with Crippen LogP contribution >= 0.6 is 0 Å². The monoisotopic (exact) mass is 2010 g/mol. The number of benzene rings is 1. The largest absolute Gasteiger partial charge is 0.497 e. The van der Waals surface area contributed by atoms with Crippen molar-refractivity contribution in [2.24, 2.45) is 76.9 Å².